The number of hydrogen-bond acceptors (Lipinski definition) is 4. The summed E-state index contributed by atoms with van der Waals surface area (Å²) in [4.78, 5) is 13.1. The molecule has 5 rings (SSSR count). The van der Waals surface area contributed by atoms with E-state index in [2.05, 4.69) is 19.1 Å². The Kier molecular flexibility index (Phi) is 3.29. The molecule has 3 aromatic carbocycles. The summed E-state index contributed by atoms with van der Waals surface area (Å²) in [6, 6.07) is 14.0. The molecule has 1 aliphatic heterocycles. The molecule has 0 N–H and O–H groups in total. The van der Waals surface area contributed by atoms with Crippen LogP contribution in [0.5, 0.6) is 11.5 Å². The van der Waals surface area contributed by atoms with Gasteiger partial charge < -0.3 is 14.2 Å². The number of carbonyl (C=O) groups is 1. The molecule has 1 spiro atoms. The summed E-state index contributed by atoms with van der Waals surface area (Å²) in [7, 11) is 3.25. The Bertz CT molecular complexity index is 1120. The Morgan fingerprint density at radius 2 is 1.74 bits per heavy atom. The van der Waals surface area contributed by atoms with Crippen molar-refractivity contribution < 1.29 is 19.0 Å². The van der Waals surface area contributed by atoms with Gasteiger partial charge in [0.05, 0.1) is 19.8 Å². The number of hydrogen-bond donors (Lipinski definition) is 0. The lowest BCUT2D eigenvalue weighted by molar-refractivity contribution is 0.0116. The number of rotatable bonds is 2. The van der Waals surface area contributed by atoms with Crippen LogP contribution in [0.3, 0.4) is 0 Å². The molecule has 0 saturated heterocycles. The lowest BCUT2D eigenvalue weighted by Crippen LogP contribution is -2.24. The maximum Gasteiger partial charge on any atom is 0.340 e. The largest absolute Gasteiger partial charge is 0.496 e. The van der Waals surface area contributed by atoms with Gasteiger partial charge in [-0.3, -0.25) is 0 Å². The van der Waals surface area contributed by atoms with E-state index in [-0.39, 0.29) is 5.97 Å². The molecule has 0 amide bonds. The summed E-state index contributed by atoms with van der Waals surface area (Å²) < 4.78 is 17.2. The molecule has 3 aromatic rings. The Balaban J connectivity index is 1.86. The van der Waals surface area contributed by atoms with Crippen LogP contribution in [0.15, 0.2) is 42.5 Å². The highest BCUT2D eigenvalue weighted by atomic mass is 16.6. The molecule has 0 fully saturated rings. The van der Waals surface area contributed by atoms with Gasteiger partial charge in [0.25, 0.3) is 0 Å². The zero-order chi connectivity index (χ0) is 18.8. The molecule has 27 heavy (non-hydrogen) atoms. The minimum absolute atomic E-state index is 0.295. The second-order valence-electron chi connectivity index (χ2n) is 7.20. The third kappa shape index (κ3) is 1.95. The summed E-state index contributed by atoms with van der Waals surface area (Å²) in [6.45, 7) is 2.11. The van der Waals surface area contributed by atoms with Crippen LogP contribution in [-0.4, -0.2) is 20.2 Å². The molecule has 0 radical (unpaired) electrons. The predicted molar refractivity (Wildman–Crippen MR) is 103 cm³/mol. The molecule has 1 heterocycles. The van der Waals surface area contributed by atoms with Crippen molar-refractivity contribution >= 4 is 16.7 Å². The van der Waals surface area contributed by atoms with Gasteiger partial charge in [0.15, 0.2) is 5.60 Å². The number of aryl methyl sites for hydroxylation is 1. The summed E-state index contributed by atoms with van der Waals surface area (Å²) in [5.74, 6) is 1.07. The van der Waals surface area contributed by atoms with Gasteiger partial charge in [-0.25, -0.2) is 4.79 Å². The number of carbonyl (C=O) groups excluding carboxylic acids is 1. The van der Waals surface area contributed by atoms with Crippen molar-refractivity contribution in [2.75, 3.05) is 14.2 Å². The van der Waals surface area contributed by atoms with E-state index in [0.717, 1.165) is 34.7 Å². The number of methoxy groups -OCH3 is 2. The van der Waals surface area contributed by atoms with Gasteiger partial charge in [-0.15, -0.1) is 0 Å². The van der Waals surface area contributed by atoms with Crippen molar-refractivity contribution in [3.63, 3.8) is 0 Å². The highest BCUT2D eigenvalue weighted by Crippen LogP contribution is 2.53. The second-order valence-corrected chi connectivity index (χ2v) is 7.20. The second kappa shape index (κ2) is 5.49. The van der Waals surface area contributed by atoms with Crippen LogP contribution in [0.25, 0.3) is 10.8 Å². The van der Waals surface area contributed by atoms with Crippen LogP contribution in [0.4, 0.5) is 0 Å². The van der Waals surface area contributed by atoms with E-state index in [1.54, 1.807) is 14.2 Å². The van der Waals surface area contributed by atoms with Crippen LogP contribution in [0.1, 0.15) is 39.0 Å². The van der Waals surface area contributed by atoms with Crippen LogP contribution in [0.2, 0.25) is 0 Å². The first kappa shape index (κ1) is 16.2. The normalized spacial score (nSPS) is 19.9. The third-order valence-electron chi connectivity index (χ3n) is 6.02. The van der Waals surface area contributed by atoms with Crippen molar-refractivity contribution in [1.82, 2.24) is 0 Å². The van der Waals surface area contributed by atoms with Crippen LogP contribution in [0, 0.1) is 6.92 Å². The number of esters is 1. The van der Waals surface area contributed by atoms with E-state index in [4.69, 9.17) is 14.2 Å². The molecular formula is C23H20O4. The molecule has 0 bridgehead atoms. The maximum absolute atomic E-state index is 13.1. The molecule has 4 heteroatoms. The van der Waals surface area contributed by atoms with Crippen LogP contribution in [-0.2, 0) is 16.8 Å². The van der Waals surface area contributed by atoms with E-state index in [9.17, 15) is 4.79 Å². The average molecular weight is 360 g/mol. The zero-order valence-electron chi connectivity index (χ0n) is 15.6. The van der Waals surface area contributed by atoms with Crippen molar-refractivity contribution in [3.05, 3.63) is 70.3 Å². The molecule has 1 atom stereocenters. The fourth-order valence-electron chi connectivity index (χ4n) is 4.78. The van der Waals surface area contributed by atoms with Gasteiger partial charge >= 0.3 is 5.97 Å². The van der Waals surface area contributed by atoms with Crippen molar-refractivity contribution in [2.45, 2.75) is 25.4 Å². The van der Waals surface area contributed by atoms with Gasteiger partial charge in [0.2, 0.25) is 0 Å². The molecule has 136 valence electrons. The van der Waals surface area contributed by atoms with Gasteiger partial charge in [-0.2, -0.15) is 0 Å². The molecule has 0 aromatic heterocycles. The van der Waals surface area contributed by atoms with Crippen LogP contribution >= 0.6 is 0 Å². The standard InChI is InChI=1S/C23H20O4/c1-13-5-4-6-16-14(13)11-12-23(16)17-8-7-15-18(25-2)9-10-19(26-3)20(15)21(17)22(24)27-23/h4-10H,11-12H2,1-3H3. The van der Waals surface area contributed by atoms with Gasteiger partial charge in [0, 0.05) is 21.9 Å². The number of ether oxygens (including phenoxy) is 3. The average Bonchev–Trinajstić information content (AvgIpc) is 3.20. The zero-order valence-corrected chi connectivity index (χ0v) is 15.6. The monoisotopic (exact) mass is 360 g/mol. The van der Waals surface area contributed by atoms with E-state index >= 15 is 0 Å². The molecular weight excluding hydrogens is 340 g/mol. The van der Waals surface area contributed by atoms with E-state index < -0.39 is 5.60 Å². The van der Waals surface area contributed by atoms with Crippen LogP contribution < -0.4 is 9.47 Å². The van der Waals surface area contributed by atoms with E-state index in [0.29, 0.717) is 17.1 Å². The highest BCUT2D eigenvalue weighted by Gasteiger charge is 2.51. The third-order valence-corrected chi connectivity index (χ3v) is 6.02. The first-order chi connectivity index (χ1) is 13.1. The van der Waals surface area contributed by atoms with Gasteiger partial charge in [0.1, 0.15) is 11.5 Å². The van der Waals surface area contributed by atoms with E-state index in [1.807, 2.05) is 30.3 Å². The summed E-state index contributed by atoms with van der Waals surface area (Å²) >= 11 is 0. The summed E-state index contributed by atoms with van der Waals surface area (Å²) in [5.41, 5.74) is 4.46. The van der Waals surface area contributed by atoms with Crippen molar-refractivity contribution in [2.24, 2.45) is 0 Å². The lowest BCUT2D eigenvalue weighted by Gasteiger charge is -2.25. The first-order valence-electron chi connectivity index (χ1n) is 9.11. The first-order valence-corrected chi connectivity index (χ1v) is 9.11. The summed E-state index contributed by atoms with van der Waals surface area (Å²) in [6.07, 6.45) is 1.67. The fraction of sp³-hybridized carbons (Fsp3) is 0.261. The SMILES string of the molecule is COc1ccc(OC)c2c3c(ccc12)C1(CCc2c(C)cccc21)OC3=O. The number of benzene rings is 3. The molecule has 4 nitrogen and oxygen atoms in total. The molecule has 1 aliphatic carbocycles. The summed E-state index contributed by atoms with van der Waals surface area (Å²) in [5, 5.41) is 1.62. The Labute approximate surface area is 157 Å². The van der Waals surface area contributed by atoms with Gasteiger partial charge in [-0.1, -0.05) is 30.3 Å². The Morgan fingerprint density at radius 1 is 0.963 bits per heavy atom. The topological polar surface area (TPSA) is 44.8 Å². The minimum atomic E-state index is -0.698. The predicted octanol–water partition coefficient (Wildman–Crippen LogP) is 4.53. The Hall–Kier alpha value is -3.01. The molecule has 1 unspecified atom stereocenters. The minimum Gasteiger partial charge on any atom is -0.496 e. The fourth-order valence-corrected chi connectivity index (χ4v) is 4.78. The smallest absolute Gasteiger partial charge is 0.340 e. The molecule has 0 saturated carbocycles. The van der Waals surface area contributed by atoms with Gasteiger partial charge in [-0.05, 0) is 43.0 Å². The quantitative estimate of drug-likeness (QED) is 0.630. The lowest BCUT2D eigenvalue weighted by atomic mass is 9.84. The van der Waals surface area contributed by atoms with E-state index in [1.165, 1.54) is 11.1 Å². The Morgan fingerprint density at radius 3 is 2.52 bits per heavy atom. The highest BCUT2D eigenvalue weighted by molar-refractivity contribution is 6.12. The maximum atomic E-state index is 13.1. The number of fused-ring (bicyclic) bond motifs is 6. The van der Waals surface area contributed by atoms with Crippen molar-refractivity contribution in [3.8, 4) is 11.5 Å². The van der Waals surface area contributed by atoms with Crippen molar-refractivity contribution in [1.29, 1.82) is 0 Å². The molecule has 2 aliphatic rings.